The number of rotatable bonds is 3. The summed E-state index contributed by atoms with van der Waals surface area (Å²) in [5.41, 5.74) is -0.641. The van der Waals surface area contributed by atoms with Crippen molar-refractivity contribution in [3.05, 3.63) is 29.6 Å². The molecule has 2 rings (SSSR count). The Balaban J connectivity index is 2.40. The van der Waals surface area contributed by atoms with Gasteiger partial charge in [-0.05, 0) is 31.0 Å². The van der Waals surface area contributed by atoms with Gasteiger partial charge in [-0.3, -0.25) is 0 Å². The molecule has 1 N–H and O–H groups in total. The SMILES string of the molecule is O=C(O)c1cc(S(=O)(=O)C2CCCOC2)ccc1F. The molecular formula is C12H13FO5S. The van der Waals surface area contributed by atoms with Crippen molar-refractivity contribution in [1.82, 2.24) is 0 Å². The van der Waals surface area contributed by atoms with Gasteiger partial charge in [0.05, 0.1) is 22.3 Å². The van der Waals surface area contributed by atoms with E-state index in [1.54, 1.807) is 0 Å². The molecule has 1 aliphatic heterocycles. The first kappa shape index (κ1) is 14.0. The van der Waals surface area contributed by atoms with Crippen molar-refractivity contribution in [2.45, 2.75) is 23.0 Å². The maximum absolute atomic E-state index is 13.3. The molecule has 1 saturated heterocycles. The number of halogens is 1. The monoisotopic (exact) mass is 288 g/mol. The van der Waals surface area contributed by atoms with Crippen molar-refractivity contribution in [2.75, 3.05) is 13.2 Å². The van der Waals surface area contributed by atoms with E-state index in [1.165, 1.54) is 0 Å². The van der Waals surface area contributed by atoms with Gasteiger partial charge in [0, 0.05) is 6.61 Å². The number of benzene rings is 1. The van der Waals surface area contributed by atoms with Crippen LogP contribution in [0, 0.1) is 5.82 Å². The average molecular weight is 288 g/mol. The largest absolute Gasteiger partial charge is 0.478 e. The molecule has 1 fully saturated rings. The van der Waals surface area contributed by atoms with E-state index >= 15 is 0 Å². The smallest absolute Gasteiger partial charge is 0.338 e. The van der Waals surface area contributed by atoms with Crippen LogP contribution in [0.4, 0.5) is 4.39 Å². The number of hydrogen-bond acceptors (Lipinski definition) is 4. The molecule has 0 amide bonds. The summed E-state index contributed by atoms with van der Waals surface area (Å²) in [7, 11) is -3.69. The van der Waals surface area contributed by atoms with Crippen molar-refractivity contribution in [1.29, 1.82) is 0 Å². The van der Waals surface area contributed by atoms with Crippen LogP contribution in [0.5, 0.6) is 0 Å². The molecule has 19 heavy (non-hydrogen) atoms. The second kappa shape index (κ2) is 5.26. The van der Waals surface area contributed by atoms with Crippen LogP contribution in [-0.4, -0.2) is 38.0 Å². The molecule has 1 aliphatic rings. The quantitative estimate of drug-likeness (QED) is 0.852. The standard InChI is InChI=1S/C12H13FO5S/c13-11-4-3-8(6-10(11)12(14)15)19(16,17)9-2-1-5-18-7-9/h3-4,6,9H,1-2,5,7H2,(H,14,15). The summed E-state index contributed by atoms with van der Waals surface area (Å²) in [6.07, 6.45) is 1.10. The maximum atomic E-state index is 13.3. The zero-order valence-electron chi connectivity index (χ0n) is 10.0. The molecule has 1 atom stereocenters. The van der Waals surface area contributed by atoms with Crippen molar-refractivity contribution >= 4 is 15.8 Å². The third-order valence-corrected chi connectivity index (χ3v) is 5.21. The fourth-order valence-corrected chi connectivity index (χ4v) is 3.67. The molecule has 104 valence electrons. The van der Waals surface area contributed by atoms with E-state index in [0.717, 1.165) is 18.2 Å². The van der Waals surface area contributed by atoms with E-state index in [0.29, 0.717) is 19.4 Å². The highest BCUT2D eigenvalue weighted by Crippen LogP contribution is 2.24. The van der Waals surface area contributed by atoms with Gasteiger partial charge in [0.25, 0.3) is 0 Å². The van der Waals surface area contributed by atoms with Gasteiger partial charge in [0.1, 0.15) is 5.82 Å². The number of carboxylic acid groups (broad SMARTS) is 1. The van der Waals surface area contributed by atoms with Crippen LogP contribution in [0.1, 0.15) is 23.2 Å². The normalized spacial score (nSPS) is 20.2. The van der Waals surface area contributed by atoms with Gasteiger partial charge in [-0.2, -0.15) is 0 Å². The summed E-state index contributed by atoms with van der Waals surface area (Å²) in [5, 5.41) is 8.11. The second-order valence-corrected chi connectivity index (χ2v) is 6.56. The first-order chi connectivity index (χ1) is 8.93. The summed E-state index contributed by atoms with van der Waals surface area (Å²) in [6, 6.07) is 2.81. The Morgan fingerprint density at radius 3 is 2.74 bits per heavy atom. The number of hydrogen-bond donors (Lipinski definition) is 1. The van der Waals surface area contributed by atoms with E-state index in [4.69, 9.17) is 9.84 Å². The van der Waals surface area contributed by atoms with E-state index in [1.807, 2.05) is 0 Å². The van der Waals surface area contributed by atoms with Gasteiger partial charge in [-0.1, -0.05) is 0 Å². The first-order valence-corrected chi connectivity index (χ1v) is 7.32. The van der Waals surface area contributed by atoms with Crippen LogP contribution in [0.2, 0.25) is 0 Å². The minimum atomic E-state index is -3.69. The number of aromatic carboxylic acids is 1. The fraction of sp³-hybridized carbons (Fsp3) is 0.417. The lowest BCUT2D eigenvalue weighted by Crippen LogP contribution is -2.31. The molecule has 0 saturated carbocycles. The van der Waals surface area contributed by atoms with Crippen LogP contribution >= 0.6 is 0 Å². The van der Waals surface area contributed by atoms with Gasteiger partial charge in [-0.25, -0.2) is 17.6 Å². The summed E-state index contributed by atoms with van der Waals surface area (Å²) in [6.45, 7) is 0.609. The Morgan fingerprint density at radius 2 is 2.16 bits per heavy atom. The predicted molar refractivity (Wildman–Crippen MR) is 64.4 cm³/mol. The molecular weight excluding hydrogens is 275 g/mol. The van der Waals surface area contributed by atoms with Gasteiger partial charge in [-0.15, -0.1) is 0 Å². The number of ether oxygens (including phenoxy) is 1. The Labute approximate surface area is 109 Å². The van der Waals surface area contributed by atoms with E-state index in [9.17, 15) is 17.6 Å². The molecule has 0 aromatic heterocycles. The zero-order valence-corrected chi connectivity index (χ0v) is 10.8. The van der Waals surface area contributed by atoms with Crippen LogP contribution in [0.25, 0.3) is 0 Å². The second-order valence-electron chi connectivity index (χ2n) is 4.33. The molecule has 0 radical (unpaired) electrons. The lowest BCUT2D eigenvalue weighted by molar-refractivity contribution is 0.0691. The van der Waals surface area contributed by atoms with Crippen molar-refractivity contribution in [3.8, 4) is 0 Å². The topological polar surface area (TPSA) is 80.7 Å². The summed E-state index contributed by atoms with van der Waals surface area (Å²) in [5.74, 6) is -2.44. The van der Waals surface area contributed by atoms with Crippen LogP contribution in [0.15, 0.2) is 23.1 Å². The molecule has 5 nitrogen and oxygen atoms in total. The van der Waals surface area contributed by atoms with Crippen LogP contribution < -0.4 is 0 Å². The van der Waals surface area contributed by atoms with Gasteiger partial charge < -0.3 is 9.84 Å². The third kappa shape index (κ3) is 2.76. The minimum absolute atomic E-state index is 0.0854. The van der Waals surface area contributed by atoms with E-state index in [-0.39, 0.29) is 11.5 Å². The van der Waals surface area contributed by atoms with Gasteiger partial charge >= 0.3 is 5.97 Å². The predicted octanol–water partition coefficient (Wildman–Crippen LogP) is 1.48. The average Bonchev–Trinajstić information content (AvgIpc) is 2.39. The molecule has 1 heterocycles. The number of sulfone groups is 1. The van der Waals surface area contributed by atoms with Crippen LogP contribution in [-0.2, 0) is 14.6 Å². The maximum Gasteiger partial charge on any atom is 0.338 e. The van der Waals surface area contributed by atoms with Crippen LogP contribution in [0.3, 0.4) is 0 Å². The van der Waals surface area contributed by atoms with E-state index < -0.39 is 32.4 Å². The molecule has 1 unspecified atom stereocenters. The minimum Gasteiger partial charge on any atom is -0.478 e. The summed E-state index contributed by atoms with van der Waals surface area (Å²) < 4.78 is 42.9. The summed E-state index contributed by atoms with van der Waals surface area (Å²) in [4.78, 5) is 10.6. The molecule has 1 aromatic carbocycles. The lowest BCUT2D eigenvalue weighted by atomic mass is 10.2. The Hall–Kier alpha value is -1.47. The molecule has 0 bridgehead atoms. The molecule has 0 aliphatic carbocycles. The van der Waals surface area contributed by atoms with Crippen molar-refractivity contribution < 1.29 is 27.4 Å². The Kier molecular flexibility index (Phi) is 3.86. The zero-order chi connectivity index (χ0) is 14.0. The highest BCUT2D eigenvalue weighted by Gasteiger charge is 2.30. The highest BCUT2D eigenvalue weighted by molar-refractivity contribution is 7.92. The van der Waals surface area contributed by atoms with Crippen molar-refractivity contribution in [2.24, 2.45) is 0 Å². The third-order valence-electron chi connectivity index (χ3n) is 3.05. The molecule has 1 aromatic rings. The van der Waals surface area contributed by atoms with E-state index in [2.05, 4.69) is 0 Å². The first-order valence-electron chi connectivity index (χ1n) is 5.77. The summed E-state index contributed by atoms with van der Waals surface area (Å²) >= 11 is 0. The number of carboxylic acids is 1. The Morgan fingerprint density at radius 1 is 1.42 bits per heavy atom. The van der Waals surface area contributed by atoms with Crippen molar-refractivity contribution in [3.63, 3.8) is 0 Å². The Bertz CT molecular complexity index is 590. The number of carbonyl (C=O) groups is 1. The lowest BCUT2D eigenvalue weighted by Gasteiger charge is -2.22. The highest BCUT2D eigenvalue weighted by atomic mass is 32.2. The van der Waals surface area contributed by atoms with Gasteiger partial charge in [0.2, 0.25) is 0 Å². The fourth-order valence-electron chi connectivity index (χ4n) is 1.99. The molecule has 0 spiro atoms. The van der Waals surface area contributed by atoms with Gasteiger partial charge in [0.15, 0.2) is 9.84 Å². The molecule has 7 heteroatoms.